The Labute approximate surface area is 118 Å². The molecule has 0 amide bonds. The molecule has 0 saturated carbocycles. The second-order valence-corrected chi connectivity index (χ2v) is 7.35. The van der Waals surface area contributed by atoms with Gasteiger partial charge >= 0.3 is 7.12 Å². The number of thioether (sulfide) groups is 1. The molecule has 2 N–H and O–H groups in total. The van der Waals surface area contributed by atoms with Crippen molar-refractivity contribution in [3.8, 4) is 0 Å². The van der Waals surface area contributed by atoms with Gasteiger partial charge in [0.15, 0.2) is 0 Å². The van der Waals surface area contributed by atoms with Crippen LogP contribution in [0.25, 0.3) is 0 Å². The summed E-state index contributed by atoms with van der Waals surface area (Å²) in [4.78, 5) is 2.24. The Hall–Kier alpha value is -0.555. The molecule has 1 heterocycles. The van der Waals surface area contributed by atoms with E-state index in [0.29, 0.717) is 12.1 Å². The zero-order valence-corrected chi connectivity index (χ0v) is 12.1. The first-order valence-corrected chi connectivity index (χ1v) is 7.37. The van der Waals surface area contributed by atoms with E-state index in [9.17, 15) is 4.39 Å². The number of nitrogens with zero attached hydrogens (tertiary/aromatic N) is 1. The van der Waals surface area contributed by atoms with Crippen LogP contribution < -0.4 is 5.46 Å². The fraction of sp³-hybridized carbons (Fsp3) is 0.538. The molecule has 1 saturated heterocycles. The Balaban J connectivity index is 2.07. The summed E-state index contributed by atoms with van der Waals surface area (Å²) in [5.74, 6) is 0.684. The van der Waals surface area contributed by atoms with Gasteiger partial charge in [-0.05, 0) is 25.4 Å². The topological polar surface area (TPSA) is 43.7 Å². The molecule has 1 aromatic rings. The van der Waals surface area contributed by atoms with Gasteiger partial charge in [0, 0.05) is 35.7 Å². The third kappa shape index (κ3) is 3.95. The van der Waals surface area contributed by atoms with Crippen LogP contribution in [0.5, 0.6) is 0 Å². The van der Waals surface area contributed by atoms with Crippen LogP contribution in [0, 0.1) is 5.82 Å². The van der Waals surface area contributed by atoms with Crippen molar-refractivity contribution in [1.29, 1.82) is 0 Å². The van der Waals surface area contributed by atoms with Gasteiger partial charge in [0.2, 0.25) is 0 Å². The number of hydrogen-bond acceptors (Lipinski definition) is 4. The van der Waals surface area contributed by atoms with E-state index in [1.807, 2.05) is 11.8 Å². The Morgan fingerprint density at radius 3 is 2.74 bits per heavy atom. The Kier molecular flexibility index (Phi) is 4.56. The zero-order valence-electron chi connectivity index (χ0n) is 11.3. The second kappa shape index (κ2) is 5.83. The summed E-state index contributed by atoms with van der Waals surface area (Å²) < 4.78 is 14.1. The minimum atomic E-state index is -1.62. The van der Waals surface area contributed by atoms with Gasteiger partial charge in [-0.25, -0.2) is 4.39 Å². The van der Waals surface area contributed by atoms with E-state index in [0.717, 1.165) is 18.8 Å². The first-order valence-electron chi connectivity index (χ1n) is 6.38. The van der Waals surface area contributed by atoms with Crippen molar-refractivity contribution in [3.63, 3.8) is 0 Å². The first-order chi connectivity index (χ1) is 8.87. The number of hydrogen-bond donors (Lipinski definition) is 2. The second-order valence-electron chi connectivity index (χ2n) is 5.54. The van der Waals surface area contributed by atoms with Crippen LogP contribution in [-0.2, 0) is 6.54 Å². The fourth-order valence-corrected chi connectivity index (χ4v) is 3.52. The van der Waals surface area contributed by atoms with E-state index in [-0.39, 0.29) is 16.0 Å². The summed E-state index contributed by atoms with van der Waals surface area (Å²) >= 11 is 1.94. The van der Waals surface area contributed by atoms with Crippen LogP contribution in [0.2, 0.25) is 0 Å². The lowest BCUT2D eigenvalue weighted by atomic mass is 9.80. The van der Waals surface area contributed by atoms with Gasteiger partial charge in [-0.1, -0.05) is 12.1 Å². The molecule has 0 radical (unpaired) electrons. The monoisotopic (exact) mass is 283 g/mol. The van der Waals surface area contributed by atoms with Crippen LogP contribution in [0.4, 0.5) is 4.39 Å². The van der Waals surface area contributed by atoms with Crippen molar-refractivity contribution in [3.05, 3.63) is 29.6 Å². The molecule has 104 valence electrons. The van der Waals surface area contributed by atoms with Crippen molar-refractivity contribution < 1.29 is 14.4 Å². The number of halogens is 1. The Morgan fingerprint density at radius 1 is 1.42 bits per heavy atom. The van der Waals surface area contributed by atoms with Crippen molar-refractivity contribution >= 4 is 24.3 Å². The molecule has 2 rings (SSSR count). The molecule has 3 nitrogen and oxygen atoms in total. The molecule has 1 aliphatic heterocycles. The first kappa shape index (κ1) is 14.8. The molecule has 0 aliphatic carbocycles. The van der Waals surface area contributed by atoms with Crippen molar-refractivity contribution in [2.75, 3.05) is 18.8 Å². The molecule has 19 heavy (non-hydrogen) atoms. The summed E-state index contributed by atoms with van der Waals surface area (Å²) in [6.45, 7) is 6.85. The highest BCUT2D eigenvalue weighted by Gasteiger charge is 2.27. The van der Waals surface area contributed by atoms with Crippen molar-refractivity contribution in [2.45, 2.75) is 25.1 Å². The van der Waals surface area contributed by atoms with Gasteiger partial charge in [0.25, 0.3) is 0 Å². The number of benzene rings is 1. The molecular weight excluding hydrogens is 264 g/mol. The highest BCUT2D eigenvalue weighted by molar-refractivity contribution is 8.00. The zero-order chi connectivity index (χ0) is 14.0. The van der Waals surface area contributed by atoms with Gasteiger partial charge in [0.1, 0.15) is 5.82 Å². The third-order valence-electron chi connectivity index (χ3n) is 3.27. The van der Waals surface area contributed by atoms with Crippen LogP contribution in [0.15, 0.2) is 18.2 Å². The molecular formula is C13H19BFNO2S. The minimum Gasteiger partial charge on any atom is -0.423 e. The summed E-state index contributed by atoms with van der Waals surface area (Å²) in [7, 11) is -1.62. The summed E-state index contributed by atoms with van der Waals surface area (Å²) in [5.41, 5.74) is 0.794. The van der Waals surface area contributed by atoms with Crippen LogP contribution in [0.1, 0.15) is 19.4 Å². The average Bonchev–Trinajstić information content (AvgIpc) is 2.30. The molecule has 0 bridgehead atoms. The maximum atomic E-state index is 13.9. The van der Waals surface area contributed by atoms with Crippen LogP contribution in [-0.4, -0.2) is 45.7 Å². The van der Waals surface area contributed by atoms with E-state index in [1.165, 1.54) is 6.07 Å². The summed E-state index contributed by atoms with van der Waals surface area (Å²) in [5, 5.41) is 18.0. The van der Waals surface area contributed by atoms with Crippen LogP contribution >= 0.6 is 11.8 Å². The van der Waals surface area contributed by atoms with Crippen LogP contribution in [0.3, 0.4) is 0 Å². The standard InChI is InChI=1S/C13H19BFNO2S/c1-13(2)9-16(5-6-19-13)8-10-3-4-11(14(17)18)7-12(10)15/h3-4,7,17-18H,5-6,8-9H2,1-2H3. The quantitative estimate of drug-likeness (QED) is 0.807. The molecule has 0 spiro atoms. The van der Waals surface area contributed by atoms with E-state index >= 15 is 0 Å². The van der Waals surface area contributed by atoms with E-state index in [1.54, 1.807) is 12.1 Å². The summed E-state index contributed by atoms with van der Waals surface area (Å²) in [6, 6.07) is 4.40. The third-order valence-corrected chi connectivity index (χ3v) is 4.57. The van der Waals surface area contributed by atoms with Gasteiger partial charge in [0.05, 0.1) is 0 Å². The average molecular weight is 283 g/mol. The molecule has 0 unspecified atom stereocenters. The molecule has 0 aromatic heterocycles. The Bertz CT molecular complexity index is 456. The van der Waals surface area contributed by atoms with Gasteiger partial charge in [-0.15, -0.1) is 0 Å². The lowest BCUT2D eigenvalue weighted by molar-refractivity contribution is 0.249. The smallest absolute Gasteiger partial charge is 0.423 e. The molecule has 1 aromatic carbocycles. The normalized spacial score (nSPS) is 19.4. The maximum Gasteiger partial charge on any atom is 0.488 e. The van der Waals surface area contributed by atoms with Gasteiger partial charge in [-0.2, -0.15) is 11.8 Å². The Morgan fingerprint density at radius 2 is 2.16 bits per heavy atom. The highest BCUT2D eigenvalue weighted by atomic mass is 32.2. The summed E-state index contributed by atoms with van der Waals surface area (Å²) in [6.07, 6.45) is 0. The predicted octanol–water partition coefficient (Wildman–Crippen LogP) is 0.833. The van der Waals surface area contributed by atoms with Crippen molar-refractivity contribution in [2.24, 2.45) is 0 Å². The molecule has 0 atom stereocenters. The molecule has 1 aliphatic rings. The van der Waals surface area contributed by atoms with E-state index in [4.69, 9.17) is 10.0 Å². The minimum absolute atomic E-state index is 0.191. The largest absolute Gasteiger partial charge is 0.488 e. The molecule has 6 heteroatoms. The molecule has 1 fully saturated rings. The van der Waals surface area contributed by atoms with Crippen molar-refractivity contribution in [1.82, 2.24) is 4.90 Å². The lowest BCUT2D eigenvalue weighted by Gasteiger charge is -2.37. The number of rotatable bonds is 3. The van der Waals surface area contributed by atoms with E-state index < -0.39 is 7.12 Å². The van der Waals surface area contributed by atoms with Gasteiger partial charge < -0.3 is 10.0 Å². The SMILES string of the molecule is CC1(C)CN(Cc2ccc(B(O)O)cc2F)CCS1. The fourth-order valence-electron chi connectivity index (χ4n) is 2.34. The van der Waals surface area contributed by atoms with Gasteiger partial charge in [-0.3, -0.25) is 4.90 Å². The predicted molar refractivity (Wildman–Crippen MR) is 78.0 cm³/mol. The highest BCUT2D eigenvalue weighted by Crippen LogP contribution is 2.30. The maximum absolute atomic E-state index is 13.9. The lowest BCUT2D eigenvalue weighted by Crippen LogP contribution is -2.42. The van der Waals surface area contributed by atoms with E-state index in [2.05, 4.69) is 18.7 Å².